The van der Waals surface area contributed by atoms with Gasteiger partial charge in [0, 0.05) is 0 Å². The zero-order valence-electron chi connectivity index (χ0n) is 8.88. The average molecular weight is 221 g/mol. The van der Waals surface area contributed by atoms with E-state index < -0.39 is 0 Å². The van der Waals surface area contributed by atoms with Crippen LogP contribution >= 0.6 is 0 Å². The molecule has 0 spiro atoms. The van der Waals surface area contributed by atoms with Crippen LogP contribution in [0.5, 0.6) is 0 Å². The van der Waals surface area contributed by atoms with Gasteiger partial charge < -0.3 is 12.4 Å². The summed E-state index contributed by atoms with van der Waals surface area (Å²) in [5.74, 6) is 0. The Labute approximate surface area is 110 Å². The van der Waals surface area contributed by atoms with Crippen molar-refractivity contribution in [3.8, 4) is 0 Å². The van der Waals surface area contributed by atoms with E-state index in [9.17, 15) is 0 Å². The average Bonchev–Trinajstić information content (AvgIpc) is 2.14. The molecule has 0 nitrogen and oxygen atoms in total. The van der Waals surface area contributed by atoms with Crippen molar-refractivity contribution >= 4 is 23.1 Å². The van der Waals surface area contributed by atoms with Gasteiger partial charge in [-0.25, -0.2) is 0 Å². The molecule has 0 N–H and O–H groups in total. The van der Waals surface area contributed by atoms with E-state index in [1.807, 2.05) is 0 Å². The van der Waals surface area contributed by atoms with Crippen molar-refractivity contribution < 1.29 is 12.4 Å². The van der Waals surface area contributed by atoms with Gasteiger partial charge in [0.2, 0.25) is 0 Å². The third-order valence-electron chi connectivity index (χ3n) is 1.99. The van der Waals surface area contributed by atoms with E-state index in [0.29, 0.717) is 0 Å². The molecule has 0 unspecified atom stereocenters. The van der Waals surface area contributed by atoms with Crippen molar-refractivity contribution in [2.75, 3.05) is 0 Å². The third kappa shape index (κ3) is 7.54. The molecule has 0 bridgehead atoms. The maximum atomic E-state index is 2.32. The molecule has 14 heavy (non-hydrogen) atoms. The van der Waals surface area contributed by atoms with Crippen LogP contribution in [0.4, 0.5) is 0 Å². The molecular weight excluding hydrogens is 204 g/mol. The van der Waals surface area contributed by atoms with Crippen LogP contribution in [0.15, 0.2) is 30.3 Å². The topological polar surface area (TPSA) is 0 Å². The third-order valence-corrected chi connectivity index (χ3v) is 1.99. The quantitative estimate of drug-likeness (QED) is 0.384. The van der Waals surface area contributed by atoms with Crippen molar-refractivity contribution in [3.63, 3.8) is 0 Å². The molecule has 74 valence electrons. The summed E-state index contributed by atoms with van der Waals surface area (Å²) in [7, 11) is 0. The van der Waals surface area contributed by atoms with E-state index in [1.54, 1.807) is 0 Å². The van der Waals surface area contributed by atoms with Gasteiger partial charge in [-0.2, -0.15) is 24.1 Å². The molecule has 1 rings (SSSR count). The van der Waals surface area contributed by atoms with Gasteiger partial charge >= 0.3 is 23.1 Å². The summed E-state index contributed by atoms with van der Waals surface area (Å²) in [6, 6.07) is 10.6. The van der Waals surface area contributed by atoms with Crippen LogP contribution in [0.2, 0.25) is 0 Å². The first kappa shape index (κ1) is 16.6. The molecule has 1 aromatic rings. The molecule has 0 aliphatic rings. The normalized spacial score (nSPS) is 8.36. The minimum Gasteiger partial charge on any atom is -1.00 e. The molecule has 0 aliphatic heterocycles. The van der Waals surface area contributed by atoms with Gasteiger partial charge in [-0.3, -0.25) is 0 Å². The zero-order chi connectivity index (χ0) is 8.65. The SMILES string of the molecule is CCCCC[CH-]c1ccccc1.[Cl-].[Mg+2]. The summed E-state index contributed by atoms with van der Waals surface area (Å²) in [5, 5.41) is 0. The Kier molecular flexibility index (Phi) is 13.3. The van der Waals surface area contributed by atoms with E-state index in [1.165, 1.54) is 31.2 Å². The van der Waals surface area contributed by atoms with Gasteiger partial charge in [0.1, 0.15) is 0 Å². The van der Waals surface area contributed by atoms with Crippen LogP contribution in [-0.4, -0.2) is 23.1 Å². The van der Waals surface area contributed by atoms with E-state index >= 15 is 0 Å². The minimum absolute atomic E-state index is 0. The smallest absolute Gasteiger partial charge is 1.00 e. The van der Waals surface area contributed by atoms with Crippen LogP contribution in [0, 0.1) is 6.42 Å². The van der Waals surface area contributed by atoms with Gasteiger partial charge in [0.05, 0.1) is 0 Å². The molecule has 0 heterocycles. The minimum atomic E-state index is 0. The summed E-state index contributed by atoms with van der Waals surface area (Å²) in [6.45, 7) is 2.24. The fourth-order valence-electron chi connectivity index (χ4n) is 1.25. The molecule has 0 radical (unpaired) electrons. The van der Waals surface area contributed by atoms with E-state index in [0.717, 1.165) is 0 Å². The number of halogens is 1. The summed E-state index contributed by atoms with van der Waals surface area (Å²) in [6.07, 6.45) is 7.52. The first-order valence-corrected chi connectivity index (χ1v) is 4.81. The predicted molar refractivity (Wildman–Crippen MR) is 59.7 cm³/mol. The van der Waals surface area contributed by atoms with Gasteiger partial charge in [-0.05, 0) is 0 Å². The van der Waals surface area contributed by atoms with Crippen LogP contribution in [0.1, 0.15) is 38.2 Å². The molecule has 0 amide bonds. The maximum absolute atomic E-state index is 2.32. The molecule has 0 fully saturated rings. The Hall–Kier alpha value is 0.146. The van der Waals surface area contributed by atoms with Crippen molar-refractivity contribution in [1.29, 1.82) is 0 Å². The second kappa shape index (κ2) is 11.2. The molecule has 0 atom stereocenters. The summed E-state index contributed by atoms with van der Waals surface area (Å²) < 4.78 is 0. The van der Waals surface area contributed by atoms with Gasteiger partial charge in [0.15, 0.2) is 0 Å². The van der Waals surface area contributed by atoms with Crippen molar-refractivity contribution in [2.24, 2.45) is 0 Å². The molecule has 2 heteroatoms. The van der Waals surface area contributed by atoms with Crippen LogP contribution in [-0.2, 0) is 0 Å². The first-order chi connectivity index (χ1) is 5.93. The van der Waals surface area contributed by atoms with Gasteiger partial charge in [-0.15, -0.1) is 12.1 Å². The molecule has 0 aliphatic carbocycles. The predicted octanol–water partition coefficient (Wildman–Crippen LogP) is 0.442. The largest absolute Gasteiger partial charge is 2.00 e. The second-order valence-electron chi connectivity index (χ2n) is 3.11. The Balaban J connectivity index is 0. The van der Waals surface area contributed by atoms with Crippen LogP contribution in [0.25, 0.3) is 0 Å². The van der Waals surface area contributed by atoms with E-state index in [4.69, 9.17) is 0 Å². The molecular formula is C12H17ClMg. The van der Waals surface area contributed by atoms with Crippen LogP contribution in [0.3, 0.4) is 0 Å². The fraction of sp³-hybridized carbons (Fsp3) is 0.417. The van der Waals surface area contributed by atoms with Gasteiger partial charge in [0.25, 0.3) is 0 Å². The van der Waals surface area contributed by atoms with E-state index in [-0.39, 0.29) is 35.5 Å². The summed E-state index contributed by atoms with van der Waals surface area (Å²) in [5.41, 5.74) is 1.36. The Morgan fingerprint density at radius 1 is 1.07 bits per heavy atom. The number of hydrogen-bond donors (Lipinski definition) is 0. The Bertz CT molecular complexity index is 199. The summed E-state index contributed by atoms with van der Waals surface area (Å²) in [4.78, 5) is 0. The number of unbranched alkanes of at least 4 members (excludes halogenated alkanes) is 3. The summed E-state index contributed by atoms with van der Waals surface area (Å²) >= 11 is 0. The van der Waals surface area contributed by atoms with E-state index in [2.05, 4.69) is 43.7 Å². The zero-order valence-corrected chi connectivity index (χ0v) is 11.0. The monoisotopic (exact) mass is 220 g/mol. The fourth-order valence-corrected chi connectivity index (χ4v) is 1.25. The van der Waals surface area contributed by atoms with Crippen LogP contribution < -0.4 is 12.4 Å². The van der Waals surface area contributed by atoms with Gasteiger partial charge in [-0.1, -0.05) is 38.7 Å². The second-order valence-corrected chi connectivity index (χ2v) is 3.11. The molecule has 0 saturated carbocycles. The maximum Gasteiger partial charge on any atom is 2.00 e. The van der Waals surface area contributed by atoms with Crippen molar-refractivity contribution in [1.82, 2.24) is 0 Å². The molecule has 1 aromatic carbocycles. The standard InChI is InChI=1S/C12H17.ClH.Mg/c1-2-3-4-6-9-12-10-7-5-8-11-12;;/h5,7-11H,2-4,6H2,1H3;1H;/q-1;;+2/p-1. The first-order valence-electron chi connectivity index (χ1n) is 4.81. The Morgan fingerprint density at radius 2 is 1.71 bits per heavy atom. The number of benzene rings is 1. The molecule has 0 aromatic heterocycles. The molecule has 0 saturated heterocycles. The number of hydrogen-bond acceptors (Lipinski definition) is 0. The van der Waals surface area contributed by atoms with Crippen molar-refractivity contribution in [2.45, 2.75) is 32.6 Å². The Morgan fingerprint density at radius 3 is 2.29 bits per heavy atom. The number of rotatable bonds is 5. The van der Waals surface area contributed by atoms with Crippen molar-refractivity contribution in [3.05, 3.63) is 42.3 Å².